The van der Waals surface area contributed by atoms with E-state index in [0.717, 1.165) is 5.56 Å². The number of sulfonamides is 1. The number of benzene rings is 2. The Bertz CT molecular complexity index is 1000. The van der Waals surface area contributed by atoms with Crippen molar-refractivity contribution in [3.05, 3.63) is 53.6 Å². The van der Waals surface area contributed by atoms with Gasteiger partial charge in [0.2, 0.25) is 10.0 Å². The molecule has 2 aliphatic rings. The number of carbonyl (C=O) groups is 1. The maximum atomic E-state index is 13.0. The number of rotatable bonds is 5. The summed E-state index contributed by atoms with van der Waals surface area (Å²) in [6.45, 7) is 2.34. The van der Waals surface area contributed by atoms with Crippen molar-refractivity contribution in [3.8, 4) is 11.5 Å². The van der Waals surface area contributed by atoms with Gasteiger partial charge in [-0.15, -0.1) is 0 Å². The van der Waals surface area contributed by atoms with Crippen molar-refractivity contribution in [1.29, 1.82) is 0 Å². The number of amides is 1. The number of ether oxygens (including phenoxy) is 3. The van der Waals surface area contributed by atoms with E-state index in [9.17, 15) is 13.2 Å². The average molecular weight is 418 g/mol. The molecule has 0 atom stereocenters. The van der Waals surface area contributed by atoms with Gasteiger partial charge in [0.1, 0.15) is 13.2 Å². The molecule has 4 rings (SSSR count). The quantitative estimate of drug-likeness (QED) is 0.789. The molecule has 29 heavy (non-hydrogen) atoms. The second-order valence-electron chi connectivity index (χ2n) is 6.64. The molecule has 154 valence electrons. The van der Waals surface area contributed by atoms with E-state index in [-0.39, 0.29) is 30.1 Å². The molecule has 0 aromatic heterocycles. The zero-order valence-corrected chi connectivity index (χ0v) is 16.6. The zero-order chi connectivity index (χ0) is 20.3. The van der Waals surface area contributed by atoms with Crippen LogP contribution in [0.2, 0.25) is 0 Å². The summed E-state index contributed by atoms with van der Waals surface area (Å²) in [6, 6.07) is 11.7. The number of para-hydroxylation sites is 1. The van der Waals surface area contributed by atoms with Gasteiger partial charge in [-0.3, -0.25) is 4.79 Å². The van der Waals surface area contributed by atoms with E-state index < -0.39 is 15.9 Å². The first-order chi connectivity index (χ1) is 14.1. The lowest BCUT2D eigenvalue weighted by Gasteiger charge is -2.26. The van der Waals surface area contributed by atoms with Gasteiger partial charge in [-0.05, 0) is 18.2 Å². The highest BCUT2D eigenvalue weighted by atomic mass is 32.2. The Kier molecular flexibility index (Phi) is 5.70. The third-order valence-corrected chi connectivity index (χ3v) is 6.76. The molecule has 0 radical (unpaired) electrons. The summed E-state index contributed by atoms with van der Waals surface area (Å²) < 4.78 is 43.9. The number of nitrogens with zero attached hydrogens (tertiary/aromatic N) is 1. The van der Waals surface area contributed by atoms with Crippen molar-refractivity contribution < 1.29 is 27.4 Å². The van der Waals surface area contributed by atoms with Crippen LogP contribution < -0.4 is 14.8 Å². The number of nitrogens with one attached hydrogen (secondary N) is 1. The Hall–Kier alpha value is -2.62. The van der Waals surface area contributed by atoms with Crippen molar-refractivity contribution in [2.75, 3.05) is 39.5 Å². The average Bonchev–Trinajstić information content (AvgIpc) is 2.78. The number of fused-ring (bicyclic) bond motifs is 1. The van der Waals surface area contributed by atoms with E-state index in [4.69, 9.17) is 14.2 Å². The number of hydrogen-bond donors (Lipinski definition) is 1. The Morgan fingerprint density at radius 2 is 1.72 bits per heavy atom. The molecule has 0 spiro atoms. The fourth-order valence-corrected chi connectivity index (χ4v) is 4.95. The lowest BCUT2D eigenvalue weighted by atomic mass is 10.1. The third-order valence-electron chi connectivity index (χ3n) is 4.81. The molecule has 0 unspecified atom stereocenters. The lowest BCUT2D eigenvalue weighted by molar-refractivity contribution is 0.0729. The molecule has 0 bridgehead atoms. The van der Waals surface area contributed by atoms with Crippen molar-refractivity contribution in [2.24, 2.45) is 0 Å². The van der Waals surface area contributed by atoms with Crippen LogP contribution in [-0.2, 0) is 21.3 Å². The SMILES string of the molecule is O=C(NCc1cccc2c1OCCO2)c1ccccc1S(=O)(=O)N1CCOCC1. The van der Waals surface area contributed by atoms with Crippen LogP contribution in [0.25, 0.3) is 0 Å². The summed E-state index contributed by atoms with van der Waals surface area (Å²) in [5, 5.41) is 2.80. The molecule has 1 N–H and O–H groups in total. The van der Waals surface area contributed by atoms with Gasteiger partial charge in [0.05, 0.1) is 23.7 Å². The van der Waals surface area contributed by atoms with Crippen molar-refractivity contribution in [3.63, 3.8) is 0 Å². The van der Waals surface area contributed by atoms with Gasteiger partial charge in [-0.25, -0.2) is 8.42 Å². The molecule has 0 aliphatic carbocycles. The summed E-state index contributed by atoms with van der Waals surface area (Å²) in [7, 11) is -3.79. The molecular formula is C20H22N2O6S. The second kappa shape index (κ2) is 8.40. The van der Waals surface area contributed by atoms with E-state index in [0.29, 0.717) is 37.9 Å². The Morgan fingerprint density at radius 1 is 0.966 bits per heavy atom. The highest BCUT2D eigenvalue weighted by molar-refractivity contribution is 7.89. The highest BCUT2D eigenvalue weighted by Crippen LogP contribution is 2.33. The molecule has 9 heteroatoms. The van der Waals surface area contributed by atoms with Gasteiger partial charge in [0, 0.05) is 25.2 Å². The van der Waals surface area contributed by atoms with Gasteiger partial charge >= 0.3 is 0 Å². The number of morpholine rings is 1. The molecule has 2 heterocycles. The third kappa shape index (κ3) is 4.07. The van der Waals surface area contributed by atoms with Gasteiger partial charge in [0.15, 0.2) is 11.5 Å². The molecule has 8 nitrogen and oxygen atoms in total. The Morgan fingerprint density at radius 3 is 2.55 bits per heavy atom. The van der Waals surface area contributed by atoms with E-state index >= 15 is 0 Å². The van der Waals surface area contributed by atoms with Gasteiger partial charge in [-0.2, -0.15) is 4.31 Å². The molecule has 2 aromatic rings. The van der Waals surface area contributed by atoms with Crippen LogP contribution in [0.3, 0.4) is 0 Å². The van der Waals surface area contributed by atoms with Crippen molar-refractivity contribution >= 4 is 15.9 Å². The van der Waals surface area contributed by atoms with Crippen molar-refractivity contribution in [2.45, 2.75) is 11.4 Å². The van der Waals surface area contributed by atoms with Crippen LogP contribution >= 0.6 is 0 Å². The number of hydrogen-bond acceptors (Lipinski definition) is 6. The predicted octanol–water partition coefficient (Wildman–Crippen LogP) is 1.41. The standard InChI is InChI=1S/C20H22N2O6S/c23-20(21-14-15-4-3-6-17-19(15)28-13-12-27-17)16-5-1-2-7-18(16)29(24,25)22-8-10-26-11-9-22/h1-7H,8-14H2,(H,21,23). The molecule has 1 fully saturated rings. The Balaban J connectivity index is 1.54. The van der Waals surface area contributed by atoms with Gasteiger partial charge in [-0.1, -0.05) is 24.3 Å². The lowest BCUT2D eigenvalue weighted by Crippen LogP contribution is -2.41. The van der Waals surface area contributed by atoms with Crippen LogP contribution in [0.1, 0.15) is 15.9 Å². The fourth-order valence-electron chi connectivity index (χ4n) is 3.35. The number of carbonyl (C=O) groups excluding carboxylic acids is 1. The summed E-state index contributed by atoms with van der Waals surface area (Å²) in [6.07, 6.45) is 0. The van der Waals surface area contributed by atoms with Gasteiger partial charge in [0.25, 0.3) is 5.91 Å². The first kappa shape index (κ1) is 19.7. The van der Waals surface area contributed by atoms with E-state index in [1.165, 1.54) is 16.4 Å². The van der Waals surface area contributed by atoms with Crippen LogP contribution in [0.5, 0.6) is 11.5 Å². The minimum Gasteiger partial charge on any atom is -0.486 e. The first-order valence-electron chi connectivity index (χ1n) is 9.40. The largest absolute Gasteiger partial charge is 0.486 e. The molecule has 1 saturated heterocycles. The molecule has 2 aromatic carbocycles. The van der Waals surface area contributed by atoms with E-state index in [2.05, 4.69) is 5.32 Å². The molecule has 1 amide bonds. The minimum absolute atomic E-state index is 0.00549. The first-order valence-corrected chi connectivity index (χ1v) is 10.8. The fraction of sp³-hybridized carbons (Fsp3) is 0.350. The smallest absolute Gasteiger partial charge is 0.252 e. The van der Waals surface area contributed by atoms with Crippen LogP contribution in [0, 0.1) is 0 Å². The minimum atomic E-state index is -3.79. The van der Waals surface area contributed by atoms with Gasteiger partial charge < -0.3 is 19.5 Å². The van der Waals surface area contributed by atoms with Crippen LogP contribution in [-0.4, -0.2) is 58.1 Å². The molecular weight excluding hydrogens is 396 g/mol. The maximum Gasteiger partial charge on any atom is 0.252 e. The highest BCUT2D eigenvalue weighted by Gasteiger charge is 2.30. The van der Waals surface area contributed by atoms with E-state index in [1.54, 1.807) is 12.1 Å². The normalized spacial score (nSPS) is 17.0. The summed E-state index contributed by atoms with van der Waals surface area (Å²) in [4.78, 5) is 12.8. The monoisotopic (exact) mass is 418 g/mol. The second-order valence-corrected chi connectivity index (χ2v) is 8.54. The zero-order valence-electron chi connectivity index (χ0n) is 15.8. The van der Waals surface area contributed by atoms with E-state index in [1.807, 2.05) is 18.2 Å². The maximum absolute atomic E-state index is 13.0. The molecule has 2 aliphatic heterocycles. The topological polar surface area (TPSA) is 94.2 Å². The Labute approximate surface area is 169 Å². The molecule has 0 saturated carbocycles. The van der Waals surface area contributed by atoms with Crippen LogP contribution in [0.4, 0.5) is 0 Å². The predicted molar refractivity (Wildman–Crippen MR) is 105 cm³/mol. The van der Waals surface area contributed by atoms with Crippen LogP contribution in [0.15, 0.2) is 47.4 Å². The summed E-state index contributed by atoms with van der Waals surface area (Å²) in [5.41, 5.74) is 0.880. The summed E-state index contributed by atoms with van der Waals surface area (Å²) >= 11 is 0. The summed E-state index contributed by atoms with van der Waals surface area (Å²) in [5.74, 6) is 0.776. The van der Waals surface area contributed by atoms with Crippen molar-refractivity contribution in [1.82, 2.24) is 9.62 Å².